The molecule has 92 valence electrons. The molecule has 0 radical (unpaired) electrons. The molecule has 1 heterocycles. The van der Waals surface area contributed by atoms with Gasteiger partial charge in [-0.3, -0.25) is 11.3 Å². The Kier molecular flexibility index (Phi) is 5.45. The highest BCUT2D eigenvalue weighted by molar-refractivity contribution is 4.94. The van der Waals surface area contributed by atoms with Crippen LogP contribution in [0.15, 0.2) is 12.4 Å². The maximum Gasteiger partial charge on any atom is 0.109 e. The van der Waals surface area contributed by atoms with E-state index in [1.165, 1.54) is 0 Å². The first-order valence-electron chi connectivity index (χ1n) is 5.58. The number of hydrogen-bond acceptors (Lipinski definition) is 4. The second-order valence-electron chi connectivity index (χ2n) is 4.32. The van der Waals surface area contributed by atoms with Crippen LogP contribution in [0.4, 0.5) is 0 Å². The van der Waals surface area contributed by atoms with Crippen molar-refractivity contribution in [1.29, 1.82) is 0 Å². The Bertz CT molecular complexity index is 300. The molecule has 0 fully saturated rings. The van der Waals surface area contributed by atoms with Crippen LogP contribution in [-0.2, 0) is 18.2 Å². The summed E-state index contributed by atoms with van der Waals surface area (Å²) in [7, 11) is 3.72. The highest BCUT2D eigenvalue weighted by Crippen LogP contribution is 2.10. The molecule has 0 saturated heterocycles. The number of aromatic nitrogens is 2. The highest BCUT2D eigenvalue weighted by atomic mass is 16.5. The lowest BCUT2D eigenvalue weighted by Crippen LogP contribution is -2.39. The molecule has 0 aliphatic rings. The quantitative estimate of drug-likeness (QED) is 0.524. The van der Waals surface area contributed by atoms with Crippen LogP contribution in [0, 0.1) is 5.92 Å². The molecule has 0 amide bonds. The van der Waals surface area contributed by atoms with Gasteiger partial charge in [0, 0.05) is 45.6 Å². The van der Waals surface area contributed by atoms with E-state index in [2.05, 4.69) is 17.3 Å². The fraction of sp³-hybridized carbons (Fsp3) is 0.727. The van der Waals surface area contributed by atoms with Crippen molar-refractivity contribution in [3.8, 4) is 0 Å². The van der Waals surface area contributed by atoms with Gasteiger partial charge in [-0.25, -0.2) is 4.98 Å². The maximum absolute atomic E-state index is 5.56. The van der Waals surface area contributed by atoms with Gasteiger partial charge in [-0.1, -0.05) is 6.92 Å². The van der Waals surface area contributed by atoms with Crippen LogP contribution in [0.1, 0.15) is 19.2 Å². The first-order valence-corrected chi connectivity index (χ1v) is 5.58. The van der Waals surface area contributed by atoms with E-state index in [-0.39, 0.29) is 6.04 Å². The predicted octanol–water partition coefficient (Wildman–Crippen LogP) is 0.467. The van der Waals surface area contributed by atoms with Gasteiger partial charge in [-0.05, 0) is 12.3 Å². The van der Waals surface area contributed by atoms with E-state index in [0.717, 1.165) is 25.3 Å². The molecule has 0 aromatic carbocycles. The van der Waals surface area contributed by atoms with Gasteiger partial charge in [0.05, 0.1) is 0 Å². The van der Waals surface area contributed by atoms with Crippen molar-refractivity contribution >= 4 is 0 Å². The second kappa shape index (κ2) is 6.62. The zero-order chi connectivity index (χ0) is 12.0. The molecule has 2 unspecified atom stereocenters. The van der Waals surface area contributed by atoms with Crippen LogP contribution in [0.3, 0.4) is 0 Å². The molecular weight excluding hydrogens is 204 g/mol. The summed E-state index contributed by atoms with van der Waals surface area (Å²) in [5.74, 6) is 7.10. The number of nitrogens with one attached hydrogen (secondary N) is 1. The zero-order valence-electron chi connectivity index (χ0n) is 10.3. The first-order chi connectivity index (χ1) is 7.67. The van der Waals surface area contributed by atoms with Gasteiger partial charge in [-0.2, -0.15) is 0 Å². The van der Waals surface area contributed by atoms with Crippen LogP contribution in [0.2, 0.25) is 0 Å². The lowest BCUT2D eigenvalue weighted by molar-refractivity contribution is 0.149. The monoisotopic (exact) mass is 226 g/mol. The van der Waals surface area contributed by atoms with Crippen molar-refractivity contribution in [2.75, 3.05) is 13.7 Å². The number of hydrogen-bond donors (Lipinski definition) is 2. The Morgan fingerprint density at radius 1 is 1.62 bits per heavy atom. The molecule has 0 aliphatic heterocycles. The van der Waals surface area contributed by atoms with Crippen LogP contribution in [0.5, 0.6) is 0 Å². The molecule has 1 rings (SSSR count). The van der Waals surface area contributed by atoms with Gasteiger partial charge in [0.2, 0.25) is 0 Å². The molecule has 0 saturated carbocycles. The average molecular weight is 226 g/mol. The largest absolute Gasteiger partial charge is 0.384 e. The molecule has 0 aliphatic carbocycles. The van der Waals surface area contributed by atoms with Gasteiger partial charge in [0.15, 0.2) is 0 Å². The summed E-state index contributed by atoms with van der Waals surface area (Å²) >= 11 is 0. The summed E-state index contributed by atoms with van der Waals surface area (Å²) in [6, 6.07) is 0.242. The van der Waals surface area contributed by atoms with Crippen LogP contribution >= 0.6 is 0 Å². The minimum atomic E-state index is 0.242. The Balaban J connectivity index is 2.46. The minimum absolute atomic E-state index is 0.242. The first kappa shape index (κ1) is 13.2. The molecule has 1 aromatic rings. The molecule has 0 spiro atoms. The molecule has 5 heteroatoms. The number of aryl methyl sites for hydroxylation is 1. The summed E-state index contributed by atoms with van der Waals surface area (Å²) in [6.45, 7) is 2.92. The average Bonchev–Trinajstić information content (AvgIpc) is 2.64. The summed E-state index contributed by atoms with van der Waals surface area (Å²) in [5.41, 5.74) is 2.85. The van der Waals surface area contributed by atoms with Crippen molar-refractivity contribution in [1.82, 2.24) is 15.0 Å². The fourth-order valence-electron chi connectivity index (χ4n) is 1.86. The molecule has 2 atom stereocenters. The zero-order valence-corrected chi connectivity index (χ0v) is 10.3. The normalized spacial score (nSPS) is 15.0. The number of imidazole rings is 1. The number of methoxy groups -OCH3 is 1. The van der Waals surface area contributed by atoms with Crippen molar-refractivity contribution in [3.63, 3.8) is 0 Å². The number of nitrogens with two attached hydrogens (primary N) is 1. The number of rotatable bonds is 7. The SMILES string of the molecule is COCC(C)CC(Cc1nccn1C)NN. The number of hydrazine groups is 1. The van der Waals surface area contributed by atoms with Gasteiger partial charge < -0.3 is 9.30 Å². The lowest BCUT2D eigenvalue weighted by Gasteiger charge is -2.19. The van der Waals surface area contributed by atoms with E-state index in [1.807, 2.05) is 24.0 Å². The summed E-state index contributed by atoms with van der Waals surface area (Å²) in [6.07, 6.45) is 5.58. The molecule has 0 bridgehead atoms. The van der Waals surface area contributed by atoms with E-state index >= 15 is 0 Å². The van der Waals surface area contributed by atoms with Crippen molar-refractivity contribution in [2.45, 2.75) is 25.8 Å². The standard InChI is InChI=1S/C11H22N4O/c1-9(8-16-3)6-10(14-12)7-11-13-4-5-15(11)2/h4-5,9-10,14H,6-8,12H2,1-3H3. The summed E-state index contributed by atoms with van der Waals surface area (Å²) in [5, 5.41) is 0. The number of ether oxygens (including phenoxy) is 1. The number of nitrogens with zero attached hydrogens (tertiary/aromatic N) is 2. The molecule has 16 heavy (non-hydrogen) atoms. The molecule has 5 nitrogen and oxygen atoms in total. The predicted molar refractivity (Wildman–Crippen MR) is 63.7 cm³/mol. The highest BCUT2D eigenvalue weighted by Gasteiger charge is 2.14. The van der Waals surface area contributed by atoms with Crippen molar-refractivity contribution in [3.05, 3.63) is 18.2 Å². The van der Waals surface area contributed by atoms with E-state index in [0.29, 0.717) is 5.92 Å². The van der Waals surface area contributed by atoms with E-state index < -0.39 is 0 Å². The Labute approximate surface area is 97.0 Å². The lowest BCUT2D eigenvalue weighted by atomic mass is 10.0. The minimum Gasteiger partial charge on any atom is -0.384 e. The summed E-state index contributed by atoms with van der Waals surface area (Å²) < 4.78 is 7.14. The second-order valence-corrected chi connectivity index (χ2v) is 4.32. The maximum atomic E-state index is 5.56. The molecular formula is C11H22N4O. The third-order valence-corrected chi connectivity index (χ3v) is 2.72. The van der Waals surface area contributed by atoms with E-state index in [1.54, 1.807) is 7.11 Å². The third-order valence-electron chi connectivity index (χ3n) is 2.72. The van der Waals surface area contributed by atoms with Crippen LogP contribution in [0.25, 0.3) is 0 Å². The molecule has 3 N–H and O–H groups in total. The smallest absolute Gasteiger partial charge is 0.109 e. The van der Waals surface area contributed by atoms with Gasteiger partial charge in [0.1, 0.15) is 5.82 Å². The van der Waals surface area contributed by atoms with Crippen molar-refractivity contribution in [2.24, 2.45) is 18.8 Å². The van der Waals surface area contributed by atoms with Gasteiger partial charge in [0.25, 0.3) is 0 Å². The Morgan fingerprint density at radius 3 is 2.88 bits per heavy atom. The summed E-state index contributed by atoms with van der Waals surface area (Å²) in [4.78, 5) is 4.29. The van der Waals surface area contributed by atoms with E-state index in [4.69, 9.17) is 10.6 Å². The fourth-order valence-corrected chi connectivity index (χ4v) is 1.86. The van der Waals surface area contributed by atoms with Crippen LogP contribution in [-0.4, -0.2) is 29.3 Å². The van der Waals surface area contributed by atoms with Gasteiger partial charge in [-0.15, -0.1) is 0 Å². The Morgan fingerprint density at radius 2 is 2.38 bits per heavy atom. The van der Waals surface area contributed by atoms with E-state index in [9.17, 15) is 0 Å². The van der Waals surface area contributed by atoms with Crippen molar-refractivity contribution < 1.29 is 4.74 Å². The topological polar surface area (TPSA) is 65.1 Å². The van der Waals surface area contributed by atoms with Gasteiger partial charge >= 0.3 is 0 Å². The van der Waals surface area contributed by atoms with Crippen LogP contribution < -0.4 is 11.3 Å². The Hall–Kier alpha value is -0.910. The molecule has 1 aromatic heterocycles. The third kappa shape index (κ3) is 3.92.